The van der Waals surface area contributed by atoms with Gasteiger partial charge in [0.25, 0.3) is 0 Å². The van der Waals surface area contributed by atoms with Crippen molar-refractivity contribution in [1.82, 2.24) is 9.80 Å². The van der Waals surface area contributed by atoms with Gasteiger partial charge in [-0.15, -0.1) is 0 Å². The SMILES string of the molecule is COc1ccc(/C=C/CN2CC[C@@]3(C(=O)O)CCCN(C)[C@@H]3C2)cc1. The van der Waals surface area contributed by atoms with Gasteiger partial charge in [0.1, 0.15) is 5.75 Å². The topological polar surface area (TPSA) is 53.0 Å². The second kappa shape index (κ2) is 7.58. The maximum atomic E-state index is 11.9. The number of likely N-dealkylation sites (N-methyl/N-ethyl adjacent to an activating group) is 1. The molecule has 0 radical (unpaired) electrons. The third-order valence-electron chi connectivity index (χ3n) is 5.82. The van der Waals surface area contributed by atoms with Crippen LogP contribution in [0.5, 0.6) is 5.75 Å². The number of aliphatic carboxylic acids is 1. The molecular formula is C20H28N2O3. The molecule has 1 N–H and O–H groups in total. The van der Waals surface area contributed by atoms with Crippen molar-refractivity contribution in [3.05, 3.63) is 35.9 Å². The van der Waals surface area contributed by atoms with Gasteiger partial charge in [0, 0.05) is 19.1 Å². The molecule has 5 heteroatoms. The van der Waals surface area contributed by atoms with Crippen LogP contribution in [0.4, 0.5) is 0 Å². The van der Waals surface area contributed by atoms with Crippen molar-refractivity contribution in [3.8, 4) is 5.75 Å². The lowest BCUT2D eigenvalue weighted by Crippen LogP contribution is -2.63. The van der Waals surface area contributed by atoms with Crippen LogP contribution in [0, 0.1) is 5.41 Å². The van der Waals surface area contributed by atoms with E-state index in [2.05, 4.69) is 29.0 Å². The van der Waals surface area contributed by atoms with Gasteiger partial charge in [-0.05, 0) is 57.1 Å². The first-order valence-electron chi connectivity index (χ1n) is 9.02. The molecule has 3 rings (SSSR count). The summed E-state index contributed by atoms with van der Waals surface area (Å²) >= 11 is 0. The average Bonchev–Trinajstić information content (AvgIpc) is 2.63. The first-order chi connectivity index (χ1) is 12.0. The molecule has 0 saturated carbocycles. The number of nitrogens with zero attached hydrogens (tertiary/aromatic N) is 2. The maximum Gasteiger partial charge on any atom is 0.311 e. The number of hydrogen-bond acceptors (Lipinski definition) is 4. The van der Waals surface area contributed by atoms with E-state index in [0.29, 0.717) is 0 Å². The van der Waals surface area contributed by atoms with Gasteiger partial charge in [-0.2, -0.15) is 0 Å². The number of piperidine rings is 2. The number of methoxy groups -OCH3 is 1. The van der Waals surface area contributed by atoms with Crippen molar-refractivity contribution in [1.29, 1.82) is 0 Å². The Hall–Kier alpha value is -1.85. The molecule has 0 amide bonds. The molecule has 5 nitrogen and oxygen atoms in total. The van der Waals surface area contributed by atoms with E-state index in [1.54, 1.807) is 7.11 Å². The van der Waals surface area contributed by atoms with Crippen LogP contribution in [0.2, 0.25) is 0 Å². The zero-order valence-electron chi connectivity index (χ0n) is 15.1. The molecule has 0 aromatic heterocycles. The van der Waals surface area contributed by atoms with Gasteiger partial charge in [-0.1, -0.05) is 24.3 Å². The van der Waals surface area contributed by atoms with E-state index < -0.39 is 11.4 Å². The van der Waals surface area contributed by atoms with Crippen molar-refractivity contribution in [3.63, 3.8) is 0 Å². The van der Waals surface area contributed by atoms with Gasteiger partial charge < -0.3 is 14.7 Å². The molecule has 2 heterocycles. The molecule has 0 bridgehead atoms. The fraction of sp³-hybridized carbons (Fsp3) is 0.550. The molecule has 1 aromatic carbocycles. The number of carbonyl (C=O) groups is 1. The van der Waals surface area contributed by atoms with Gasteiger partial charge in [-0.3, -0.25) is 9.69 Å². The van der Waals surface area contributed by atoms with E-state index in [9.17, 15) is 9.90 Å². The van der Waals surface area contributed by atoms with E-state index >= 15 is 0 Å². The number of carboxylic acids is 1. The van der Waals surface area contributed by atoms with Gasteiger partial charge in [-0.25, -0.2) is 0 Å². The van der Waals surface area contributed by atoms with Crippen LogP contribution < -0.4 is 4.74 Å². The highest BCUT2D eigenvalue weighted by Crippen LogP contribution is 2.42. The highest BCUT2D eigenvalue weighted by Gasteiger charge is 2.51. The van der Waals surface area contributed by atoms with Crippen LogP contribution in [0.25, 0.3) is 6.08 Å². The van der Waals surface area contributed by atoms with Crippen LogP contribution >= 0.6 is 0 Å². The highest BCUT2D eigenvalue weighted by atomic mass is 16.5. The fourth-order valence-electron chi connectivity index (χ4n) is 4.26. The smallest absolute Gasteiger partial charge is 0.311 e. The van der Waals surface area contributed by atoms with Gasteiger partial charge in [0.15, 0.2) is 0 Å². The van der Waals surface area contributed by atoms with Crippen LogP contribution in [0.15, 0.2) is 30.3 Å². The Morgan fingerprint density at radius 1 is 1.32 bits per heavy atom. The molecule has 25 heavy (non-hydrogen) atoms. The van der Waals surface area contributed by atoms with Crippen LogP contribution in [0.1, 0.15) is 24.8 Å². The number of rotatable bonds is 5. The third-order valence-corrected chi connectivity index (χ3v) is 5.82. The maximum absolute atomic E-state index is 11.9. The predicted octanol–water partition coefficient (Wildman–Crippen LogP) is 2.58. The molecule has 2 aliphatic heterocycles. The van der Waals surface area contributed by atoms with Crippen molar-refractivity contribution in [2.24, 2.45) is 5.41 Å². The largest absolute Gasteiger partial charge is 0.497 e. The summed E-state index contributed by atoms with van der Waals surface area (Å²) in [6.45, 7) is 3.53. The first-order valence-corrected chi connectivity index (χ1v) is 9.02. The number of likely N-dealkylation sites (tertiary alicyclic amines) is 2. The van der Waals surface area contributed by atoms with Gasteiger partial charge >= 0.3 is 5.97 Å². The predicted molar refractivity (Wildman–Crippen MR) is 98.8 cm³/mol. The molecule has 2 atom stereocenters. The van der Waals surface area contributed by atoms with Gasteiger partial charge in [0.2, 0.25) is 0 Å². The summed E-state index contributed by atoms with van der Waals surface area (Å²) in [6, 6.07) is 8.10. The minimum absolute atomic E-state index is 0.113. The molecule has 136 valence electrons. The van der Waals surface area contributed by atoms with Gasteiger partial charge in [0.05, 0.1) is 12.5 Å². The normalized spacial score (nSPS) is 28.0. The second-order valence-corrected chi connectivity index (χ2v) is 7.25. The van der Waals surface area contributed by atoms with Crippen LogP contribution in [-0.4, -0.2) is 67.3 Å². The lowest BCUT2D eigenvalue weighted by Gasteiger charge is -2.51. The summed E-state index contributed by atoms with van der Waals surface area (Å²) in [5, 5.41) is 9.83. The van der Waals surface area contributed by atoms with Crippen molar-refractivity contribution < 1.29 is 14.6 Å². The van der Waals surface area contributed by atoms with Crippen LogP contribution in [-0.2, 0) is 4.79 Å². The van der Waals surface area contributed by atoms with E-state index in [1.807, 2.05) is 24.3 Å². The van der Waals surface area contributed by atoms with Crippen molar-refractivity contribution in [2.75, 3.05) is 40.3 Å². The minimum atomic E-state index is -0.613. The fourth-order valence-corrected chi connectivity index (χ4v) is 4.26. The highest BCUT2D eigenvalue weighted by molar-refractivity contribution is 5.76. The number of carboxylic acid groups (broad SMARTS) is 1. The van der Waals surface area contributed by atoms with Crippen molar-refractivity contribution >= 4 is 12.0 Å². The molecule has 0 unspecified atom stereocenters. The summed E-state index contributed by atoms with van der Waals surface area (Å²) in [5.74, 6) is 0.246. The summed E-state index contributed by atoms with van der Waals surface area (Å²) in [4.78, 5) is 16.6. The zero-order chi connectivity index (χ0) is 17.9. The number of ether oxygens (including phenoxy) is 1. The molecule has 2 fully saturated rings. The van der Waals surface area contributed by atoms with Crippen molar-refractivity contribution in [2.45, 2.75) is 25.3 Å². The summed E-state index contributed by atoms with van der Waals surface area (Å²) in [7, 11) is 3.73. The number of hydrogen-bond donors (Lipinski definition) is 1. The second-order valence-electron chi connectivity index (χ2n) is 7.25. The van der Waals surface area contributed by atoms with E-state index in [-0.39, 0.29) is 6.04 Å². The summed E-state index contributed by atoms with van der Waals surface area (Å²) in [5.41, 5.74) is 0.593. The Balaban J connectivity index is 1.61. The number of benzene rings is 1. The monoisotopic (exact) mass is 344 g/mol. The quantitative estimate of drug-likeness (QED) is 0.890. The molecule has 0 spiro atoms. The lowest BCUT2D eigenvalue weighted by molar-refractivity contribution is -0.162. The Kier molecular flexibility index (Phi) is 5.45. The molecule has 2 saturated heterocycles. The summed E-state index contributed by atoms with van der Waals surface area (Å²) in [6.07, 6.45) is 6.82. The molecule has 2 aliphatic rings. The van der Waals surface area contributed by atoms with E-state index in [0.717, 1.165) is 56.8 Å². The van der Waals surface area contributed by atoms with E-state index in [4.69, 9.17) is 4.74 Å². The lowest BCUT2D eigenvalue weighted by atomic mass is 9.68. The van der Waals surface area contributed by atoms with Crippen LogP contribution in [0.3, 0.4) is 0 Å². The first kappa shape index (κ1) is 18.0. The number of fused-ring (bicyclic) bond motifs is 1. The Labute approximate surface area is 149 Å². The molecule has 1 aromatic rings. The van der Waals surface area contributed by atoms with E-state index in [1.165, 1.54) is 0 Å². The summed E-state index contributed by atoms with van der Waals surface area (Å²) < 4.78 is 5.17. The Bertz CT molecular complexity index is 628. The standard InChI is InChI=1S/C20H28N2O3/c1-21-12-4-10-20(19(23)24)11-14-22(15-18(20)21)13-3-5-16-6-8-17(25-2)9-7-16/h3,5-9,18H,4,10-15H2,1-2H3,(H,23,24)/b5-3+/t18-,20+/m1/s1. The molecular weight excluding hydrogens is 316 g/mol. The Morgan fingerprint density at radius 3 is 2.76 bits per heavy atom. The molecule has 0 aliphatic carbocycles. The Morgan fingerprint density at radius 2 is 2.08 bits per heavy atom. The average molecular weight is 344 g/mol. The zero-order valence-corrected chi connectivity index (χ0v) is 15.1. The minimum Gasteiger partial charge on any atom is -0.497 e. The third kappa shape index (κ3) is 3.72.